The Morgan fingerprint density at radius 2 is 2.09 bits per heavy atom. The lowest BCUT2D eigenvalue weighted by molar-refractivity contribution is -0.145. The van der Waals surface area contributed by atoms with Crippen LogP contribution in [-0.2, 0) is 16.1 Å². The molecule has 0 radical (unpaired) electrons. The van der Waals surface area contributed by atoms with Crippen LogP contribution in [0.3, 0.4) is 0 Å². The van der Waals surface area contributed by atoms with Gasteiger partial charge in [-0.3, -0.25) is 9.79 Å². The first kappa shape index (κ1) is 16.3. The third kappa shape index (κ3) is 3.75. The Morgan fingerprint density at radius 3 is 2.68 bits per heavy atom. The monoisotopic (exact) mass is 307 g/mol. The number of esters is 1. The lowest BCUT2D eigenvalue weighted by Gasteiger charge is -2.21. The van der Waals surface area contributed by atoms with Crippen molar-refractivity contribution in [2.24, 2.45) is 16.8 Å². The van der Waals surface area contributed by atoms with Gasteiger partial charge >= 0.3 is 5.97 Å². The second-order valence-corrected chi connectivity index (χ2v) is 5.54. The fourth-order valence-corrected chi connectivity index (χ4v) is 2.71. The summed E-state index contributed by atoms with van der Waals surface area (Å²) in [5, 5.41) is 3.25. The fourth-order valence-electron chi connectivity index (χ4n) is 2.71. The summed E-state index contributed by atoms with van der Waals surface area (Å²) >= 11 is 0. The van der Waals surface area contributed by atoms with E-state index in [0.29, 0.717) is 13.1 Å². The van der Waals surface area contributed by atoms with Crippen LogP contribution in [0, 0.1) is 17.7 Å². The number of rotatable bonds is 3. The molecule has 1 aliphatic rings. The summed E-state index contributed by atoms with van der Waals surface area (Å²) < 4.78 is 17.7. The predicted molar refractivity (Wildman–Crippen MR) is 82.8 cm³/mol. The Bertz CT molecular complexity index is 545. The van der Waals surface area contributed by atoms with Gasteiger partial charge in [0.05, 0.1) is 13.0 Å². The number of hydrogen-bond acceptors (Lipinski definition) is 3. The lowest BCUT2D eigenvalue weighted by atomic mass is 9.99. The van der Waals surface area contributed by atoms with Crippen LogP contribution in [0.5, 0.6) is 0 Å². The highest BCUT2D eigenvalue weighted by atomic mass is 19.1. The first-order valence-electron chi connectivity index (χ1n) is 7.33. The second-order valence-electron chi connectivity index (χ2n) is 5.54. The third-order valence-electron chi connectivity index (χ3n) is 3.99. The number of halogens is 1. The molecule has 1 aliphatic heterocycles. The maximum atomic E-state index is 12.9. The van der Waals surface area contributed by atoms with Gasteiger partial charge in [-0.25, -0.2) is 4.39 Å². The molecule has 0 spiro atoms. The summed E-state index contributed by atoms with van der Waals surface area (Å²) in [7, 11) is 3.13. The van der Waals surface area contributed by atoms with E-state index in [1.807, 2.05) is 6.92 Å². The molecular formula is C16H22FN3O2. The Kier molecular flexibility index (Phi) is 5.35. The number of carbonyl (C=O) groups is 1. The van der Waals surface area contributed by atoms with Crippen molar-refractivity contribution in [3.63, 3.8) is 0 Å². The van der Waals surface area contributed by atoms with Crippen LogP contribution in [-0.4, -0.2) is 44.1 Å². The molecule has 5 nitrogen and oxygen atoms in total. The largest absolute Gasteiger partial charge is 0.469 e. The predicted octanol–water partition coefficient (Wildman–Crippen LogP) is 1.64. The van der Waals surface area contributed by atoms with E-state index >= 15 is 0 Å². The molecule has 6 heteroatoms. The standard InChI is InChI=1S/C16H22FN3O2/c1-11-9-20(10-14(11)15(21)22-3)16(18-2)19-8-12-4-6-13(17)7-5-12/h4-7,11,14H,8-10H2,1-3H3,(H,18,19). The van der Waals surface area contributed by atoms with Crippen molar-refractivity contribution in [2.45, 2.75) is 13.5 Å². The van der Waals surface area contributed by atoms with Gasteiger partial charge in [-0.1, -0.05) is 19.1 Å². The number of nitrogens with zero attached hydrogens (tertiary/aromatic N) is 2. The molecule has 0 bridgehead atoms. The molecule has 0 aliphatic carbocycles. The highest BCUT2D eigenvalue weighted by Gasteiger charge is 2.36. The molecule has 1 fully saturated rings. The molecule has 1 heterocycles. The number of hydrogen-bond donors (Lipinski definition) is 1. The smallest absolute Gasteiger partial charge is 0.310 e. The van der Waals surface area contributed by atoms with Gasteiger partial charge in [-0.05, 0) is 23.6 Å². The Hall–Kier alpha value is -2.11. The van der Waals surface area contributed by atoms with E-state index in [4.69, 9.17) is 4.74 Å². The maximum absolute atomic E-state index is 12.9. The minimum absolute atomic E-state index is 0.130. The van der Waals surface area contributed by atoms with Crippen molar-refractivity contribution in [2.75, 3.05) is 27.2 Å². The summed E-state index contributed by atoms with van der Waals surface area (Å²) in [6, 6.07) is 6.34. The van der Waals surface area contributed by atoms with E-state index in [2.05, 4.69) is 15.2 Å². The summed E-state index contributed by atoms with van der Waals surface area (Å²) in [5.41, 5.74) is 0.972. The molecule has 1 N–H and O–H groups in total. The van der Waals surface area contributed by atoms with E-state index in [1.165, 1.54) is 19.2 Å². The maximum Gasteiger partial charge on any atom is 0.310 e. The van der Waals surface area contributed by atoms with E-state index in [1.54, 1.807) is 19.2 Å². The highest BCUT2D eigenvalue weighted by molar-refractivity contribution is 5.82. The lowest BCUT2D eigenvalue weighted by Crippen LogP contribution is -2.40. The summed E-state index contributed by atoms with van der Waals surface area (Å²) in [4.78, 5) is 18.1. The van der Waals surface area contributed by atoms with Crippen molar-refractivity contribution < 1.29 is 13.9 Å². The Morgan fingerprint density at radius 1 is 1.41 bits per heavy atom. The number of guanidine groups is 1. The minimum Gasteiger partial charge on any atom is -0.469 e. The van der Waals surface area contributed by atoms with Crippen molar-refractivity contribution in [1.29, 1.82) is 0 Å². The zero-order chi connectivity index (χ0) is 16.1. The molecule has 1 aromatic carbocycles. The van der Waals surface area contributed by atoms with E-state index < -0.39 is 0 Å². The zero-order valence-corrected chi connectivity index (χ0v) is 13.2. The average Bonchev–Trinajstić information content (AvgIpc) is 2.91. The van der Waals surface area contributed by atoms with Gasteiger partial charge in [0.15, 0.2) is 5.96 Å². The molecule has 0 aromatic heterocycles. The number of ether oxygens (including phenoxy) is 1. The Balaban J connectivity index is 1.95. The van der Waals surface area contributed by atoms with E-state index in [-0.39, 0.29) is 23.6 Å². The number of benzene rings is 1. The van der Waals surface area contributed by atoms with Crippen LogP contribution in [0.25, 0.3) is 0 Å². The topological polar surface area (TPSA) is 53.9 Å². The quantitative estimate of drug-likeness (QED) is 0.524. The fraction of sp³-hybridized carbons (Fsp3) is 0.500. The third-order valence-corrected chi connectivity index (χ3v) is 3.99. The minimum atomic E-state index is -0.248. The van der Waals surface area contributed by atoms with Crippen LogP contribution in [0.2, 0.25) is 0 Å². The SMILES string of the molecule is CN=C(NCc1ccc(F)cc1)N1CC(C)C(C(=O)OC)C1. The van der Waals surface area contributed by atoms with Crippen molar-refractivity contribution in [1.82, 2.24) is 10.2 Å². The molecule has 2 rings (SSSR count). The first-order chi connectivity index (χ1) is 10.5. The van der Waals surface area contributed by atoms with Gasteiger partial charge in [0.1, 0.15) is 5.82 Å². The van der Waals surface area contributed by atoms with E-state index in [9.17, 15) is 9.18 Å². The molecule has 1 saturated heterocycles. The average molecular weight is 307 g/mol. The van der Waals surface area contributed by atoms with Gasteiger partial charge in [-0.15, -0.1) is 0 Å². The van der Waals surface area contributed by atoms with Crippen LogP contribution in [0.1, 0.15) is 12.5 Å². The van der Waals surface area contributed by atoms with Crippen LogP contribution < -0.4 is 5.32 Å². The molecule has 1 aromatic rings. The summed E-state index contributed by atoms with van der Waals surface area (Å²) in [6.07, 6.45) is 0. The number of aliphatic imine (C=N–C) groups is 1. The molecule has 2 atom stereocenters. The number of likely N-dealkylation sites (tertiary alicyclic amines) is 1. The molecule has 2 unspecified atom stereocenters. The van der Waals surface area contributed by atoms with Gasteiger partial charge < -0.3 is 15.0 Å². The summed E-state index contributed by atoms with van der Waals surface area (Å²) in [6.45, 7) is 3.94. The molecule has 0 saturated carbocycles. The van der Waals surface area contributed by atoms with Gasteiger partial charge in [-0.2, -0.15) is 0 Å². The highest BCUT2D eigenvalue weighted by Crippen LogP contribution is 2.24. The number of carbonyl (C=O) groups excluding carboxylic acids is 1. The number of nitrogens with one attached hydrogen (secondary N) is 1. The molecular weight excluding hydrogens is 285 g/mol. The van der Waals surface area contributed by atoms with Crippen molar-refractivity contribution in [3.05, 3.63) is 35.6 Å². The normalized spacial score (nSPS) is 21.8. The van der Waals surface area contributed by atoms with Gasteiger partial charge in [0, 0.05) is 26.7 Å². The van der Waals surface area contributed by atoms with Crippen LogP contribution in [0.4, 0.5) is 4.39 Å². The van der Waals surface area contributed by atoms with Crippen LogP contribution >= 0.6 is 0 Å². The van der Waals surface area contributed by atoms with E-state index in [0.717, 1.165) is 18.1 Å². The van der Waals surface area contributed by atoms with Crippen molar-refractivity contribution in [3.8, 4) is 0 Å². The number of methoxy groups -OCH3 is 1. The van der Waals surface area contributed by atoms with Crippen molar-refractivity contribution >= 4 is 11.9 Å². The van der Waals surface area contributed by atoms with Gasteiger partial charge in [0.25, 0.3) is 0 Å². The first-order valence-corrected chi connectivity index (χ1v) is 7.33. The molecule has 120 valence electrons. The second kappa shape index (κ2) is 7.24. The van der Waals surface area contributed by atoms with Gasteiger partial charge in [0.2, 0.25) is 0 Å². The molecule has 22 heavy (non-hydrogen) atoms. The van der Waals surface area contributed by atoms with Crippen LogP contribution in [0.15, 0.2) is 29.3 Å². The molecule has 0 amide bonds. The Labute approximate surface area is 130 Å². The zero-order valence-electron chi connectivity index (χ0n) is 13.2. The summed E-state index contributed by atoms with van der Waals surface area (Å²) in [5.74, 6) is 0.403.